The van der Waals surface area contributed by atoms with E-state index in [1.165, 1.54) is 0 Å². The van der Waals surface area contributed by atoms with E-state index in [4.69, 9.17) is 0 Å². The average molecular weight is 262 g/mol. The van der Waals surface area contributed by atoms with Gasteiger partial charge in [0, 0.05) is 5.56 Å². The molecule has 0 radical (unpaired) electrons. The molecule has 2 aromatic rings. The number of aryl methyl sites for hydroxylation is 1. The van der Waals surface area contributed by atoms with Gasteiger partial charge in [-0.05, 0) is 24.5 Å². The summed E-state index contributed by atoms with van der Waals surface area (Å²) >= 11 is 0. The second kappa shape index (κ2) is 6.67. The van der Waals surface area contributed by atoms with Crippen molar-refractivity contribution in [3.8, 4) is 0 Å². The molecule has 0 aliphatic rings. The third-order valence-corrected chi connectivity index (χ3v) is 3.11. The summed E-state index contributed by atoms with van der Waals surface area (Å²) in [6.07, 6.45) is 4.55. The van der Waals surface area contributed by atoms with Gasteiger partial charge in [0.2, 0.25) is 0 Å². The van der Waals surface area contributed by atoms with Crippen molar-refractivity contribution in [2.75, 3.05) is 0 Å². The lowest BCUT2D eigenvalue weighted by molar-refractivity contribution is 0.103. The maximum atomic E-state index is 12.2. The van der Waals surface area contributed by atoms with Crippen molar-refractivity contribution in [3.63, 3.8) is 0 Å². The third kappa shape index (κ3) is 3.79. The molecule has 1 nitrogen and oxygen atoms in total. The highest BCUT2D eigenvalue weighted by Crippen LogP contribution is 2.12. The highest BCUT2D eigenvalue weighted by Gasteiger charge is 2.08. The molecule has 0 unspecified atom stereocenters. The van der Waals surface area contributed by atoms with E-state index in [2.05, 4.69) is 6.58 Å². The minimum Gasteiger partial charge on any atom is -0.289 e. The molecule has 0 atom stereocenters. The van der Waals surface area contributed by atoms with Gasteiger partial charge in [0.15, 0.2) is 5.78 Å². The summed E-state index contributed by atoms with van der Waals surface area (Å²) in [5, 5.41) is 0. The van der Waals surface area contributed by atoms with Gasteiger partial charge < -0.3 is 0 Å². The summed E-state index contributed by atoms with van der Waals surface area (Å²) in [5.74, 6) is 0.0164. The van der Waals surface area contributed by atoms with Gasteiger partial charge >= 0.3 is 0 Å². The zero-order valence-electron chi connectivity index (χ0n) is 11.7. The van der Waals surface area contributed by atoms with Crippen LogP contribution in [0.15, 0.2) is 72.8 Å². The van der Waals surface area contributed by atoms with E-state index >= 15 is 0 Å². The Morgan fingerprint density at radius 3 is 2.35 bits per heavy atom. The van der Waals surface area contributed by atoms with Crippen LogP contribution in [-0.2, 0) is 0 Å². The minimum absolute atomic E-state index is 0.0164. The molecule has 0 fully saturated rings. The van der Waals surface area contributed by atoms with Crippen molar-refractivity contribution >= 4 is 11.9 Å². The average Bonchev–Trinajstić information content (AvgIpc) is 2.48. The van der Waals surface area contributed by atoms with Crippen LogP contribution < -0.4 is 0 Å². The summed E-state index contributed by atoms with van der Waals surface area (Å²) in [5.41, 5.74) is 3.59. The molecular formula is C19H18O. The molecule has 1 heteroatoms. The smallest absolute Gasteiger partial charge is 0.188 e. The van der Waals surface area contributed by atoms with Gasteiger partial charge in [0.05, 0.1) is 0 Å². The first-order valence-corrected chi connectivity index (χ1v) is 6.67. The summed E-state index contributed by atoms with van der Waals surface area (Å²) < 4.78 is 0. The Kier molecular flexibility index (Phi) is 4.67. The van der Waals surface area contributed by atoms with E-state index in [-0.39, 0.29) is 5.78 Å². The first-order chi connectivity index (χ1) is 9.66. The van der Waals surface area contributed by atoms with E-state index in [0.717, 1.165) is 11.1 Å². The lowest BCUT2D eigenvalue weighted by Gasteiger charge is -2.03. The molecule has 0 aliphatic heterocycles. The Bertz CT molecular complexity index is 619. The van der Waals surface area contributed by atoms with Crippen LogP contribution in [0.3, 0.4) is 0 Å². The molecule has 0 aromatic heterocycles. The van der Waals surface area contributed by atoms with Crippen LogP contribution in [0.1, 0.15) is 27.9 Å². The number of ketones is 1. The highest BCUT2D eigenvalue weighted by atomic mass is 16.1. The Morgan fingerprint density at radius 1 is 1.05 bits per heavy atom. The normalized spacial score (nSPS) is 10.7. The zero-order chi connectivity index (χ0) is 14.4. The maximum absolute atomic E-state index is 12.2. The Hall–Kier alpha value is -2.41. The Labute approximate surface area is 120 Å². The molecule has 0 saturated carbocycles. The second-order valence-electron chi connectivity index (χ2n) is 4.82. The molecule has 100 valence electrons. The highest BCUT2D eigenvalue weighted by molar-refractivity contribution is 6.08. The third-order valence-electron chi connectivity index (χ3n) is 3.11. The van der Waals surface area contributed by atoms with Gasteiger partial charge in [-0.3, -0.25) is 4.79 Å². The molecule has 2 aromatic carbocycles. The summed E-state index contributed by atoms with van der Waals surface area (Å²) in [6, 6.07) is 17.6. The molecule has 0 N–H and O–H groups in total. The number of rotatable bonds is 5. The number of allylic oxidation sites excluding steroid dienone is 2. The quantitative estimate of drug-likeness (QED) is 0.556. The van der Waals surface area contributed by atoms with Gasteiger partial charge in [-0.15, -0.1) is 0 Å². The van der Waals surface area contributed by atoms with Crippen LogP contribution in [-0.4, -0.2) is 5.78 Å². The van der Waals surface area contributed by atoms with Crippen LogP contribution in [0.25, 0.3) is 6.08 Å². The molecule has 2 rings (SSSR count). The number of carbonyl (C=O) groups excluding carboxylic acids is 1. The maximum Gasteiger partial charge on any atom is 0.188 e. The van der Waals surface area contributed by atoms with E-state index in [1.54, 1.807) is 0 Å². The number of Topliss-reactive ketones (excluding diaryl/α,β-unsaturated/α-hetero) is 1. The summed E-state index contributed by atoms with van der Waals surface area (Å²) in [6.45, 7) is 5.89. The largest absolute Gasteiger partial charge is 0.289 e. The topological polar surface area (TPSA) is 17.1 Å². The predicted octanol–water partition coefficient (Wildman–Crippen LogP) is 4.84. The predicted molar refractivity (Wildman–Crippen MR) is 84.7 cm³/mol. The fourth-order valence-electron chi connectivity index (χ4n) is 1.90. The first kappa shape index (κ1) is 14.0. The van der Waals surface area contributed by atoms with Gasteiger partial charge in [-0.2, -0.15) is 0 Å². The first-order valence-electron chi connectivity index (χ1n) is 6.67. The van der Waals surface area contributed by atoms with E-state index in [9.17, 15) is 4.79 Å². The van der Waals surface area contributed by atoms with Crippen molar-refractivity contribution in [2.45, 2.75) is 13.3 Å². The molecule has 20 heavy (non-hydrogen) atoms. The van der Waals surface area contributed by atoms with E-state index in [1.807, 2.05) is 73.7 Å². The molecule has 0 spiro atoms. The number of benzene rings is 2. The summed E-state index contributed by atoms with van der Waals surface area (Å²) in [7, 11) is 0. The van der Waals surface area contributed by atoms with Crippen molar-refractivity contribution in [3.05, 3.63) is 89.5 Å². The molecule has 0 bridgehead atoms. The van der Waals surface area contributed by atoms with Crippen LogP contribution in [0.4, 0.5) is 0 Å². The van der Waals surface area contributed by atoms with Crippen LogP contribution >= 0.6 is 0 Å². The summed E-state index contributed by atoms with van der Waals surface area (Å²) in [4.78, 5) is 12.2. The molecule has 0 heterocycles. The fraction of sp³-hybridized carbons (Fsp3) is 0.105. The Balaban J connectivity index is 1.96. The standard InChI is InChI=1S/C19H18O/c1-15-11-13-18(14-12-15)19(20)16(2)7-6-10-17-8-4-3-5-9-17/h3-6,8-14H,2,7H2,1H3/b10-6+. The molecule has 0 amide bonds. The Morgan fingerprint density at radius 2 is 1.70 bits per heavy atom. The SMILES string of the molecule is C=C(C/C=C/c1ccccc1)C(=O)c1ccc(C)cc1. The molecular weight excluding hydrogens is 244 g/mol. The lowest BCUT2D eigenvalue weighted by Crippen LogP contribution is -2.01. The minimum atomic E-state index is 0.0164. The van der Waals surface area contributed by atoms with E-state index < -0.39 is 0 Å². The van der Waals surface area contributed by atoms with Crippen LogP contribution in [0, 0.1) is 6.92 Å². The van der Waals surface area contributed by atoms with Gasteiger partial charge in [-0.1, -0.05) is 78.9 Å². The number of hydrogen-bond acceptors (Lipinski definition) is 1. The van der Waals surface area contributed by atoms with Gasteiger partial charge in [0.1, 0.15) is 0 Å². The lowest BCUT2D eigenvalue weighted by atomic mass is 10.0. The van der Waals surface area contributed by atoms with Crippen molar-refractivity contribution in [2.24, 2.45) is 0 Å². The van der Waals surface area contributed by atoms with Gasteiger partial charge in [0.25, 0.3) is 0 Å². The van der Waals surface area contributed by atoms with E-state index in [0.29, 0.717) is 17.6 Å². The van der Waals surface area contributed by atoms with Gasteiger partial charge in [-0.25, -0.2) is 0 Å². The van der Waals surface area contributed by atoms with Crippen molar-refractivity contribution in [1.29, 1.82) is 0 Å². The van der Waals surface area contributed by atoms with Crippen LogP contribution in [0.5, 0.6) is 0 Å². The molecule has 0 aliphatic carbocycles. The monoisotopic (exact) mass is 262 g/mol. The number of hydrogen-bond donors (Lipinski definition) is 0. The van der Waals surface area contributed by atoms with Crippen molar-refractivity contribution < 1.29 is 4.79 Å². The van der Waals surface area contributed by atoms with Crippen LogP contribution in [0.2, 0.25) is 0 Å². The zero-order valence-corrected chi connectivity index (χ0v) is 11.7. The number of carbonyl (C=O) groups is 1. The fourth-order valence-corrected chi connectivity index (χ4v) is 1.90. The second-order valence-corrected chi connectivity index (χ2v) is 4.82. The molecule has 0 saturated heterocycles. The van der Waals surface area contributed by atoms with Crippen molar-refractivity contribution in [1.82, 2.24) is 0 Å².